The van der Waals surface area contributed by atoms with Crippen LogP contribution in [0.5, 0.6) is 0 Å². The van der Waals surface area contributed by atoms with Gasteiger partial charge in [0.05, 0.1) is 11.7 Å². The molecule has 3 nitrogen and oxygen atoms in total. The fourth-order valence-electron chi connectivity index (χ4n) is 3.26. The van der Waals surface area contributed by atoms with Gasteiger partial charge in [-0.1, -0.05) is 41.9 Å². The fourth-order valence-corrected chi connectivity index (χ4v) is 3.45. The molecule has 0 radical (unpaired) electrons. The van der Waals surface area contributed by atoms with Gasteiger partial charge in [-0.15, -0.1) is 0 Å². The first-order chi connectivity index (χ1) is 12.2. The van der Waals surface area contributed by atoms with Crippen LogP contribution in [-0.4, -0.2) is 9.97 Å². The molecule has 25 heavy (non-hydrogen) atoms. The van der Waals surface area contributed by atoms with Gasteiger partial charge in [0.2, 0.25) is 0 Å². The number of halogens is 1. The van der Waals surface area contributed by atoms with Crippen molar-refractivity contribution in [3.63, 3.8) is 0 Å². The average Bonchev–Trinajstić information content (AvgIpc) is 2.96. The molecule has 4 rings (SSSR count). The molecule has 0 saturated heterocycles. The van der Waals surface area contributed by atoms with E-state index in [1.165, 1.54) is 10.9 Å². The second kappa shape index (κ2) is 6.61. The van der Waals surface area contributed by atoms with Crippen LogP contribution >= 0.6 is 11.6 Å². The molecular formula is C21H18ClN3. The van der Waals surface area contributed by atoms with E-state index in [4.69, 9.17) is 11.6 Å². The maximum absolute atomic E-state index is 6.16. The highest BCUT2D eigenvalue weighted by Crippen LogP contribution is 2.34. The van der Waals surface area contributed by atoms with Crippen molar-refractivity contribution >= 4 is 28.2 Å². The number of pyridine rings is 1. The summed E-state index contributed by atoms with van der Waals surface area (Å²) >= 11 is 6.16. The van der Waals surface area contributed by atoms with Gasteiger partial charge in [0.1, 0.15) is 0 Å². The van der Waals surface area contributed by atoms with Crippen molar-refractivity contribution in [1.29, 1.82) is 0 Å². The van der Waals surface area contributed by atoms with Crippen LogP contribution in [0, 0.1) is 6.92 Å². The molecular weight excluding hydrogens is 330 g/mol. The molecule has 124 valence electrons. The number of hydrogen-bond donors (Lipinski definition) is 2. The van der Waals surface area contributed by atoms with Crippen LogP contribution in [0.3, 0.4) is 0 Å². The summed E-state index contributed by atoms with van der Waals surface area (Å²) in [6, 6.07) is 22.0. The number of anilines is 1. The Bertz CT molecular complexity index is 1010. The third kappa shape index (κ3) is 3.11. The third-order valence-electron chi connectivity index (χ3n) is 4.35. The zero-order valence-corrected chi connectivity index (χ0v) is 14.6. The highest BCUT2D eigenvalue weighted by atomic mass is 35.5. The van der Waals surface area contributed by atoms with Gasteiger partial charge in [-0.05, 0) is 43.3 Å². The monoisotopic (exact) mass is 347 g/mol. The van der Waals surface area contributed by atoms with Crippen LogP contribution in [0.2, 0.25) is 5.02 Å². The standard InChI is InChI=1S/C21H18ClN3/c1-14-20(17-9-2-3-10-18(17)24-14)21(19-11-4-5-12-23-19)25-16-8-6-7-15(22)13-16/h2-13,21,24-25H,1H3. The summed E-state index contributed by atoms with van der Waals surface area (Å²) in [7, 11) is 0. The number of aromatic nitrogens is 2. The lowest BCUT2D eigenvalue weighted by Crippen LogP contribution is -2.14. The minimum absolute atomic E-state index is 0.0733. The Morgan fingerprint density at radius 3 is 2.64 bits per heavy atom. The quantitative estimate of drug-likeness (QED) is 0.495. The number of rotatable bonds is 4. The lowest BCUT2D eigenvalue weighted by molar-refractivity contribution is 0.884. The number of nitrogens with zero attached hydrogens (tertiary/aromatic N) is 1. The summed E-state index contributed by atoms with van der Waals surface area (Å²) in [6.45, 7) is 2.10. The molecule has 0 aliphatic heterocycles. The van der Waals surface area contributed by atoms with E-state index in [0.29, 0.717) is 5.02 Å². The van der Waals surface area contributed by atoms with Crippen LogP contribution in [-0.2, 0) is 0 Å². The van der Waals surface area contributed by atoms with Crippen LogP contribution in [0.4, 0.5) is 5.69 Å². The zero-order valence-electron chi connectivity index (χ0n) is 13.8. The molecule has 4 heteroatoms. The topological polar surface area (TPSA) is 40.7 Å². The first-order valence-corrected chi connectivity index (χ1v) is 8.60. The van der Waals surface area contributed by atoms with E-state index < -0.39 is 0 Å². The van der Waals surface area contributed by atoms with Gasteiger partial charge >= 0.3 is 0 Å². The normalized spacial score (nSPS) is 12.2. The van der Waals surface area contributed by atoms with Crippen molar-refractivity contribution in [2.75, 3.05) is 5.32 Å². The third-order valence-corrected chi connectivity index (χ3v) is 4.59. The molecule has 4 aromatic rings. The van der Waals surface area contributed by atoms with Gasteiger partial charge in [0, 0.05) is 39.1 Å². The van der Waals surface area contributed by atoms with Crippen LogP contribution in [0.25, 0.3) is 10.9 Å². The molecule has 2 aromatic heterocycles. The molecule has 2 aromatic carbocycles. The van der Waals surface area contributed by atoms with Crippen LogP contribution < -0.4 is 5.32 Å². The van der Waals surface area contributed by atoms with Gasteiger partial charge in [-0.2, -0.15) is 0 Å². The van der Waals surface area contributed by atoms with Crippen molar-refractivity contribution in [2.45, 2.75) is 13.0 Å². The Kier molecular flexibility index (Phi) is 4.16. The Hall–Kier alpha value is -2.78. The highest BCUT2D eigenvalue weighted by molar-refractivity contribution is 6.30. The number of hydrogen-bond acceptors (Lipinski definition) is 2. The Morgan fingerprint density at radius 2 is 1.84 bits per heavy atom. The molecule has 0 bridgehead atoms. The lowest BCUT2D eigenvalue weighted by atomic mass is 9.99. The van der Waals surface area contributed by atoms with E-state index in [0.717, 1.165) is 22.6 Å². The zero-order chi connectivity index (χ0) is 17.2. The summed E-state index contributed by atoms with van der Waals surface area (Å²) < 4.78 is 0. The fraction of sp³-hybridized carbons (Fsp3) is 0.0952. The molecule has 0 spiro atoms. The van der Waals surface area contributed by atoms with Crippen molar-refractivity contribution < 1.29 is 0 Å². The molecule has 0 aliphatic rings. The SMILES string of the molecule is Cc1[nH]c2ccccc2c1C(Nc1cccc(Cl)c1)c1ccccn1. The van der Waals surface area contributed by atoms with Crippen molar-refractivity contribution in [1.82, 2.24) is 9.97 Å². The van der Waals surface area contributed by atoms with E-state index >= 15 is 0 Å². The average molecular weight is 348 g/mol. The number of benzene rings is 2. The summed E-state index contributed by atoms with van der Waals surface area (Å²) in [5.74, 6) is 0. The molecule has 2 heterocycles. The Morgan fingerprint density at radius 1 is 1.00 bits per heavy atom. The molecule has 0 amide bonds. The van der Waals surface area contributed by atoms with Gasteiger partial charge < -0.3 is 10.3 Å². The maximum atomic E-state index is 6.16. The van der Waals surface area contributed by atoms with Crippen LogP contribution in [0.15, 0.2) is 72.9 Å². The van der Waals surface area contributed by atoms with Gasteiger partial charge in [-0.3, -0.25) is 4.98 Å². The molecule has 1 atom stereocenters. The van der Waals surface area contributed by atoms with Crippen molar-refractivity contribution in [3.8, 4) is 0 Å². The van der Waals surface area contributed by atoms with E-state index in [2.05, 4.69) is 40.4 Å². The minimum atomic E-state index is -0.0733. The van der Waals surface area contributed by atoms with E-state index in [1.54, 1.807) is 0 Å². The Labute approximate surface area is 151 Å². The van der Waals surface area contributed by atoms with Crippen LogP contribution in [0.1, 0.15) is 23.0 Å². The number of fused-ring (bicyclic) bond motifs is 1. The van der Waals surface area contributed by atoms with E-state index in [-0.39, 0.29) is 6.04 Å². The molecule has 0 fully saturated rings. The Balaban J connectivity index is 1.87. The van der Waals surface area contributed by atoms with Gasteiger partial charge in [0.25, 0.3) is 0 Å². The number of aryl methyl sites for hydroxylation is 1. The summed E-state index contributed by atoms with van der Waals surface area (Å²) in [5.41, 5.74) is 5.40. The number of H-pyrrole nitrogens is 1. The smallest absolute Gasteiger partial charge is 0.0963 e. The maximum Gasteiger partial charge on any atom is 0.0963 e. The summed E-state index contributed by atoms with van der Waals surface area (Å²) in [4.78, 5) is 8.07. The first-order valence-electron chi connectivity index (χ1n) is 8.22. The second-order valence-corrected chi connectivity index (χ2v) is 6.49. The number of aromatic amines is 1. The minimum Gasteiger partial charge on any atom is -0.373 e. The molecule has 2 N–H and O–H groups in total. The number of para-hydroxylation sites is 1. The van der Waals surface area contributed by atoms with E-state index in [9.17, 15) is 0 Å². The highest BCUT2D eigenvalue weighted by Gasteiger charge is 2.21. The van der Waals surface area contributed by atoms with Gasteiger partial charge in [-0.25, -0.2) is 0 Å². The first kappa shape index (κ1) is 15.7. The predicted octanol–water partition coefficient (Wildman–Crippen LogP) is 5.73. The second-order valence-electron chi connectivity index (χ2n) is 6.05. The van der Waals surface area contributed by atoms with Crippen molar-refractivity contribution in [2.24, 2.45) is 0 Å². The van der Waals surface area contributed by atoms with E-state index in [1.807, 2.05) is 54.7 Å². The molecule has 0 aliphatic carbocycles. The summed E-state index contributed by atoms with van der Waals surface area (Å²) in [6.07, 6.45) is 1.83. The summed E-state index contributed by atoms with van der Waals surface area (Å²) in [5, 5.41) is 5.51. The molecule has 0 saturated carbocycles. The molecule has 1 unspecified atom stereocenters. The lowest BCUT2D eigenvalue weighted by Gasteiger charge is -2.21. The van der Waals surface area contributed by atoms with Crippen molar-refractivity contribution in [3.05, 3.63) is 94.9 Å². The number of nitrogens with one attached hydrogen (secondary N) is 2. The largest absolute Gasteiger partial charge is 0.373 e. The van der Waals surface area contributed by atoms with Gasteiger partial charge in [0.15, 0.2) is 0 Å². The predicted molar refractivity (Wildman–Crippen MR) is 104 cm³/mol.